The fourth-order valence-corrected chi connectivity index (χ4v) is 3.07. The van der Waals surface area contributed by atoms with Gasteiger partial charge in [0, 0.05) is 0 Å². The first-order chi connectivity index (χ1) is 3.47. The molecule has 0 bridgehead atoms. The zero-order chi connectivity index (χ0) is 4.69. The highest BCUT2D eigenvalue weighted by atomic mass is 32.2. The summed E-state index contributed by atoms with van der Waals surface area (Å²) in [5, 5.41) is 0. The van der Waals surface area contributed by atoms with Gasteiger partial charge in [0.15, 0.2) is 0 Å². The zero-order valence-electron chi connectivity index (χ0n) is 4.39. The van der Waals surface area contributed by atoms with Crippen LogP contribution in [0.4, 0.5) is 0 Å². The van der Waals surface area contributed by atoms with Crippen molar-refractivity contribution in [1.29, 1.82) is 0 Å². The van der Waals surface area contributed by atoms with Crippen LogP contribution in [0.2, 0.25) is 0 Å². The van der Waals surface area contributed by atoms with E-state index in [1.54, 1.807) is 0 Å². The highest BCUT2D eigenvalue weighted by Crippen LogP contribution is 2.44. The predicted molar refractivity (Wildman–Crippen MR) is 33.5 cm³/mol. The fourth-order valence-electron chi connectivity index (χ4n) is 1.45. The molecule has 1 aliphatic carbocycles. The van der Waals surface area contributed by atoms with E-state index in [0.29, 0.717) is 0 Å². The summed E-state index contributed by atoms with van der Waals surface area (Å²) in [5.74, 6) is 5.27. The van der Waals surface area contributed by atoms with Crippen LogP contribution in [0.3, 0.4) is 0 Å². The van der Waals surface area contributed by atoms with Gasteiger partial charge in [-0.15, -0.1) is 0 Å². The van der Waals surface area contributed by atoms with Crippen molar-refractivity contribution in [1.82, 2.24) is 0 Å². The van der Waals surface area contributed by atoms with E-state index in [2.05, 4.69) is 11.8 Å². The Morgan fingerprint density at radius 2 is 1.57 bits per heavy atom. The Balaban J connectivity index is 2.03. The van der Waals surface area contributed by atoms with E-state index >= 15 is 0 Å². The molecular weight excluding hydrogens is 104 g/mol. The molecule has 1 saturated carbocycles. The molecular formula is C6H10S. The Morgan fingerprint density at radius 3 is 1.86 bits per heavy atom. The summed E-state index contributed by atoms with van der Waals surface area (Å²) >= 11 is 2.15. The lowest BCUT2D eigenvalue weighted by atomic mass is 9.77. The van der Waals surface area contributed by atoms with E-state index in [-0.39, 0.29) is 0 Å². The van der Waals surface area contributed by atoms with Gasteiger partial charge in [0.2, 0.25) is 0 Å². The first kappa shape index (κ1) is 4.25. The maximum atomic E-state index is 2.15. The molecule has 1 aliphatic heterocycles. The lowest BCUT2D eigenvalue weighted by molar-refractivity contribution is 0.243. The Bertz CT molecular complexity index is 70.2. The van der Waals surface area contributed by atoms with Gasteiger partial charge in [0.05, 0.1) is 0 Å². The molecule has 0 N–H and O–H groups in total. The van der Waals surface area contributed by atoms with Crippen LogP contribution in [0.5, 0.6) is 0 Å². The first-order valence-corrected chi connectivity index (χ1v) is 4.20. The normalized spacial score (nSPS) is 48.0. The second-order valence-corrected chi connectivity index (χ2v) is 3.71. The lowest BCUT2D eigenvalue weighted by Gasteiger charge is -2.28. The van der Waals surface area contributed by atoms with Gasteiger partial charge in [0.1, 0.15) is 0 Å². The average molecular weight is 114 g/mol. The van der Waals surface area contributed by atoms with Gasteiger partial charge >= 0.3 is 0 Å². The highest BCUT2D eigenvalue weighted by molar-refractivity contribution is 7.99. The van der Waals surface area contributed by atoms with Crippen LogP contribution in [0.25, 0.3) is 0 Å². The summed E-state index contributed by atoms with van der Waals surface area (Å²) in [7, 11) is 0. The molecule has 1 saturated heterocycles. The van der Waals surface area contributed by atoms with Crippen molar-refractivity contribution < 1.29 is 0 Å². The van der Waals surface area contributed by atoms with Crippen LogP contribution in [0, 0.1) is 11.8 Å². The molecule has 0 radical (unpaired) electrons. The molecule has 2 aliphatic rings. The molecule has 40 valence electrons. The van der Waals surface area contributed by atoms with Crippen molar-refractivity contribution in [2.75, 3.05) is 11.5 Å². The number of hydrogen-bond acceptors (Lipinski definition) is 1. The Hall–Kier alpha value is 0.350. The summed E-state index contributed by atoms with van der Waals surface area (Å²) in [5.41, 5.74) is 0. The molecule has 0 amide bonds. The zero-order valence-corrected chi connectivity index (χ0v) is 5.21. The third-order valence-corrected chi connectivity index (χ3v) is 3.57. The number of thioether (sulfide) groups is 1. The van der Waals surface area contributed by atoms with Gasteiger partial charge in [-0.05, 0) is 36.2 Å². The highest BCUT2D eigenvalue weighted by Gasteiger charge is 2.34. The average Bonchev–Trinajstić information content (AvgIpc) is 1.85. The van der Waals surface area contributed by atoms with Crippen LogP contribution in [-0.4, -0.2) is 11.5 Å². The molecule has 2 unspecified atom stereocenters. The summed E-state index contributed by atoms with van der Waals surface area (Å²) in [6, 6.07) is 0. The first-order valence-electron chi connectivity index (χ1n) is 3.04. The number of fused-ring (bicyclic) bond motifs is 1. The van der Waals surface area contributed by atoms with E-state index in [0.717, 1.165) is 11.8 Å². The number of rotatable bonds is 0. The van der Waals surface area contributed by atoms with Gasteiger partial charge in [-0.2, -0.15) is 11.8 Å². The van der Waals surface area contributed by atoms with Gasteiger partial charge < -0.3 is 0 Å². The molecule has 1 heterocycles. The lowest BCUT2D eigenvalue weighted by Crippen LogP contribution is -2.22. The van der Waals surface area contributed by atoms with Gasteiger partial charge in [-0.1, -0.05) is 0 Å². The molecule has 2 rings (SSSR count). The summed E-state index contributed by atoms with van der Waals surface area (Å²) in [6.45, 7) is 0. The molecule has 0 spiro atoms. The summed E-state index contributed by atoms with van der Waals surface area (Å²) < 4.78 is 0. The topological polar surface area (TPSA) is 0 Å². The molecule has 1 heteroatoms. The maximum absolute atomic E-state index is 2.15. The molecule has 0 aromatic carbocycles. The van der Waals surface area contributed by atoms with Gasteiger partial charge in [0.25, 0.3) is 0 Å². The second kappa shape index (κ2) is 1.41. The van der Waals surface area contributed by atoms with E-state index in [9.17, 15) is 0 Å². The smallest absolute Gasteiger partial charge is 0.00361 e. The van der Waals surface area contributed by atoms with E-state index in [1.807, 2.05) is 0 Å². The molecule has 0 aromatic rings. The van der Waals surface area contributed by atoms with Crippen LogP contribution in [-0.2, 0) is 0 Å². The van der Waals surface area contributed by atoms with Crippen LogP contribution in [0.1, 0.15) is 12.8 Å². The van der Waals surface area contributed by atoms with Crippen molar-refractivity contribution in [2.24, 2.45) is 11.8 Å². The summed E-state index contributed by atoms with van der Waals surface area (Å²) in [6.07, 6.45) is 3.08. The SMILES string of the molecule is C1CC2CSCC12. The quantitative estimate of drug-likeness (QED) is 0.462. The van der Waals surface area contributed by atoms with Crippen molar-refractivity contribution in [2.45, 2.75) is 12.8 Å². The molecule has 7 heavy (non-hydrogen) atoms. The maximum Gasteiger partial charge on any atom is -0.00361 e. The van der Waals surface area contributed by atoms with Crippen molar-refractivity contribution in [3.63, 3.8) is 0 Å². The van der Waals surface area contributed by atoms with E-state index < -0.39 is 0 Å². The largest absolute Gasteiger partial charge is 0.161 e. The molecule has 2 fully saturated rings. The minimum atomic E-state index is 1.16. The Morgan fingerprint density at radius 1 is 1.00 bits per heavy atom. The fraction of sp³-hybridized carbons (Fsp3) is 1.00. The Kier molecular flexibility index (Phi) is 0.857. The second-order valence-electron chi connectivity index (χ2n) is 2.63. The van der Waals surface area contributed by atoms with Gasteiger partial charge in [-0.25, -0.2) is 0 Å². The third kappa shape index (κ3) is 0.510. The monoisotopic (exact) mass is 114 g/mol. The van der Waals surface area contributed by atoms with Crippen LogP contribution < -0.4 is 0 Å². The predicted octanol–water partition coefficient (Wildman–Crippen LogP) is 1.76. The van der Waals surface area contributed by atoms with E-state index in [4.69, 9.17) is 0 Å². The van der Waals surface area contributed by atoms with Gasteiger partial charge in [-0.3, -0.25) is 0 Å². The minimum absolute atomic E-state index is 1.16. The standard InChI is InChI=1S/C6H10S/c1-2-6-4-7-3-5(1)6/h5-6H,1-4H2. The van der Waals surface area contributed by atoms with E-state index in [1.165, 1.54) is 24.3 Å². The van der Waals surface area contributed by atoms with Crippen LogP contribution >= 0.6 is 11.8 Å². The summed E-state index contributed by atoms with van der Waals surface area (Å²) in [4.78, 5) is 0. The van der Waals surface area contributed by atoms with Crippen LogP contribution in [0.15, 0.2) is 0 Å². The third-order valence-electron chi connectivity index (χ3n) is 2.24. The van der Waals surface area contributed by atoms with Crippen molar-refractivity contribution >= 4 is 11.8 Å². The molecule has 2 atom stereocenters. The van der Waals surface area contributed by atoms with Crippen molar-refractivity contribution in [3.8, 4) is 0 Å². The number of hydrogen-bond donors (Lipinski definition) is 0. The minimum Gasteiger partial charge on any atom is -0.161 e. The van der Waals surface area contributed by atoms with Crippen molar-refractivity contribution in [3.05, 3.63) is 0 Å². The molecule has 0 nitrogen and oxygen atoms in total. The Labute approximate surface area is 48.7 Å². The molecule has 0 aromatic heterocycles.